The second-order valence-electron chi connectivity index (χ2n) is 8.45. The minimum Gasteiger partial charge on any atom is -0.453 e. The van der Waals surface area contributed by atoms with Gasteiger partial charge in [0.15, 0.2) is 0 Å². The fourth-order valence-electron chi connectivity index (χ4n) is 3.32. The number of nitrogens with one attached hydrogen (secondary N) is 4. The van der Waals surface area contributed by atoms with Gasteiger partial charge in [-0.3, -0.25) is 0 Å². The third-order valence-electron chi connectivity index (χ3n) is 5.02. The Labute approximate surface area is 186 Å². The van der Waals surface area contributed by atoms with Gasteiger partial charge in [-0.25, -0.2) is 19.7 Å². The molecule has 166 valence electrons. The number of aromatic nitrogens is 5. The van der Waals surface area contributed by atoms with Gasteiger partial charge in [-0.05, 0) is 24.3 Å². The summed E-state index contributed by atoms with van der Waals surface area (Å²) in [6.07, 6.45) is 3.16. The molecule has 3 heterocycles. The van der Waals surface area contributed by atoms with E-state index in [1.807, 2.05) is 18.3 Å². The van der Waals surface area contributed by atoms with E-state index in [1.54, 1.807) is 6.20 Å². The second-order valence-corrected chi connectivity index (χ2v) is 8.45. The molecule has 0 aliphatic heterocycles. The van der Waals surface area contributed by atoms with Crippen LogP contribution in [0.15, 0.2) is 42.7 Å². The highest BCUT2D eigenvalue weighted by molar-refractivity contribution is 5.87. The number of nitrogens with zero attached hydrogens (tertiary/aromatic N) is 3. The molecule has 0 spiro atoms. The Kier molecular flexibility index (Phi) is 5.81. The lowest BCUT2D eigenvalue weighted by molar-refractivity contribution is 0.171. The van der Waals surface area contributed by atoms with E-state index in [0.717, 1.165) is 39.4 Å². The van der Waals surface area contributed by atoms with Crippen molar-refractivity contribution >= 4 is 22.9 Å². The summed E-state index contributed by atoms with van der Waals surface area (Å²) in [6, 6.07) is 10.1. The van der Waals surface area contributed by atoms with Gasteiger partial charge < -0.3 is 25.3 Å². The molecule has 9 nitrogen and oxygen atoms in total. The Morgan fingerprint density at radius 2 is 1.97 bits per heavy atom. The molecule has 0 bridgehead atoms. The van der Waals surface area contributed by atoms with Crippen LogP contribution in [0, 0.1) is 0 Å². The molecular formula is C23H27N7O2. The average Bonchev–Trinajstić information content (AvgIpc) is 3.43. The molecule has 3 aromatic heterocycles. The zero-order valence-corrected chi connectivity index (χ0v) is 18.6. The van der Waals surface area contributed by atoms with E-state index in [0.29, 0.717) is 19.0 Å². The minimum atomic E-state index is -0.474. The van der Waals surface area contributed by atoms with Crippen LogP contribution in [0.4, 0.5) is 10.7 Å². The minimum absolute atomic E-state index is 0.154. The Morgan fingerprint density at radius 1 is 1.12 bits per heavy atom. The number of carbonyl (C=O) groups is 1. The first kappa shape index (κ1) is 21.4. The maximum absolute atomic E-state index is 11.2. The van der Waals surface area contributed by atoms with E-state index < -0.39 is 6.09 Å². The number of rotatable bonds is 6. The number of amides is 1. The van der Waals surface area contributed by atoms with Crippen LogP contribution < -0.4 is 10.6 Å². The van der Waals surface area contributed by atoms with Gasteiger partial charge in [0.1, 0.15) is 5.82 Å². The van der Waals surface area contributed by atoms with Crippen molar-refractivity contribution in [2.45, 2.75) is 26.2 Å². The van der Waals surface area contributed by atoms with Gasteiger partial charge in [0.25, 0.3) is 0 Å². The number of hydrogen-bond donors (Lipinski definition) is 4. The van der Waals surface area contributed by atoms with Crippen LogP contribution >= 0.6 is 0 Å². The molecule has 0 unspecified atom stereocenters. The zero-order valence-electron chi connectivity index (χ0n) is 18.6. The maximum atomic E-state index is 11.2. The molecule has 1 aromatic carbocycles. The Morgan fingerprint density at radius 3 is 2.75 bits per heavy atom. The highest BCUT2D eigenvalue weighted by Gasteiger charge is 2.23. The van der Waals surface area contributed by atoms with E-state index in [-0.39, 0.29) is 5.41 Å². The van der Waals surface area contributed by atoms with Crippen LogP contribution in [0.2, 0.25) is 0 Å². The average molecular weight is 434 g/mol. The molecule has 4 N–H and O–H groups in total. The number of ether oxygens (including phenoxy) is 1. The van der Waals surface area contributed by atoms with Gasteiger partial charge in [-0.1, -0.05) is 26.8 Å². The number of alkyl carbamates (subject to hydrolysis) is 1. The summed E-state index contributed by atoms with van der Waals surface area (Å²) in [5, 5.41) is 6.86. The first-order chi connectivity index (χ1) is 15.3. The number of aromatic amines is 2. The van der Waals surface area contributed by atoms with Gasteiger partial charge in [0, 0.05) is 47.4 Å². The van der Waals surface area contributed by atoms with Crippen LogP contribution in [0.3, 0.4) is 0 Å². The molecule has 0 atom stereocenters. The highest BCUT2D eigenvalue weighted by atomic mass is 16.5. The van der Waals surface area contributed by atoms with E-state index in [2.05, 4.69) is 74.3 Å². The van der Waals surface area contributed by atoms with Crippen molar-refractivity contribution in [2.24, 2.45) is 0 Å². The van der Waals surface area contributed by atoms with Crippen LogP contribution in [-0.2, 0) is 10.2 Å². The Bertz CT molecular complexity index is 1240. The monoisotopic (exact) mass is 433 g/mol. The lowest BCUT2D eigenvalue weighted by Gasteiger charge is -2.14. The van der Waals surface area contributed by atoms with Crippen molar-refractivity contribution in [3.63, 3.8) is 0 Å². The molecule has 1 amide bonds. The quantitative estimate of drug-likeness (QED) is 0.340. The molecule has 0 aliphatic rings. The molecule has 4 rings (SSSR count). The van der Waals surface area contributed by atoms with Gasteiger partial charge in [-0.15, -0.1) is 0 Å². The standard InChI is InChI=1S/C23H27N7O2/c1-23(2,3)20-29-18(15-5-6-16-14(13-15)7-9-24-16)19(30-20)17-8-10-25-21(28-17)26-11-12-27-22(31)32-4/h5-10,13,24H,11-12H2,1-4H3,(H,27,31)(H,29,30)(H,25,26,28). The fourth-order valence-corrected chi connectivity index (χ4v) is 3.32. The molecule has 9 heteroatoms. The lowest BCUT2D eigenvalue weighted by atomic mass is 9.96. The SMILES string of the molecule is COC(=O)NCCNc1nccc(-c2[nH]c(C(C)(C)C)nc2-c2ccc3[nH]ccc3c2)n1. The van der Waals surface area contributed by atoms with Gasteiger partial charge >= 0.3 is 6.09 Å². The summed E-state index contributed by atoms with van der Waals surface area (Å²) < 4.78 is 4.56. The van der Waals surface area contributed by atoms with Crippen LogP contribution in [0.1, 0.15) is 26.6 Å². The number of methoxy groups -OCH3 is 1. The largest absolute Gasteiger partial charge is 0.453 e. The van der Waals surface area contributed by atoms with E-state index in [1.165, 1.54) is 7.11 Å². The molecule has 4 aromatic rings. The lowest BCUT2D eigenvalue weighted by Crippen LogP contribution is -2.28. The number of hydrogen-bond acceptors (Lipinski definition) is 6. The molecule has 0 aliphatic carbocycles. The summed E-state index contributed by atoms with van der Waals surface area (Å²) in [6.45, 7) is 7.22. The number of fused-ring (bicyclic) bond motifs is 1. The zero-order chi connectivity index (χ0) is 22.7. The number of carbonyl (C=O) groups excluding carboxylic acids is 1. The van der Waals surface area contributed by atoms with Gasteiger partial charge in [0.05, 0.1) is 24.2 Å². The van der Waals surface area contributed by atoms with Crippen molar-refractivity contribution in [2.75, 3.05) is 25.5 Å². The third kappa shape index (κ3) is 4.56. The van der Waals surface area contributed by atoms with E-state index in [9.17, 15) is 4.79 Å². The van der Waals surface area contributed by atoms with Crippen LogP contribution in [0.5, 0.6) is 0 Å². The number of anilines is 1. The molecule has 0 fully saturated rings. The topological polar surface area (TPSA) is 121 Å². The van der Waals surface area contributed by atoms with Crippen molar-refractivity contribution in [1.29, 1.82) is 0 Å². The number of benzene rings is 1. The van der Waals surface area contributed by atoms with Gasteiger partial charge in [0.2, 0.25) is 5.95 Å². The summed E-state index contributed by atoms with van der Waals surface area (Å²) in [7, 11) is 1.33. The Hall–Kier alpha value is -3.88. The predicted molar refractivity (Wildman–Crippen MR) is 125 cm³/mol. The maximum Gasteiger partial charge on any atom is 0.406 e. The molecule has 0 saturated carbocycles. The van der Waals surface area contributed by atoms with Gasteiger partial charge in [-0.2, -0.15) is 0 Å². The molecule has 0 saturated heterocycles. The summed E-state index contributed by atoms with van der Waals surface area (Å²) >= 11 is 0. The molecular weight excluding hydrogens is 406 g/mol. The first-order valence-corrected chi connectivity index (χ1v) is 10.4. The summed E-state index contributed by atoms with van der Waals surface area (Å²) in [4.78, 5) is 31.8. The van der Waals surface area contributed by atoms with Crippen LogP contribution in [0.25, 0.3) is 33.5 Å². The third-order valence-corrected chi connectivity index (χ3v) is 5.02. The van der Waals surface area contributed by atoms with E-state index in [4.69, 9.17) is 4.98 Å². The normalized spacial score (nSPS) is 11.5. The Balaban J connectivity index is 1.66. The van der Waals surface area contributed by atoms with E-state index >= 15 is 0 Å². The first-order valence-electron chi connectivity index (χ1n) is 10.4. The van der Waals surface area contributed by atoms with Crippen molar-refractivity contribution in [3.8, 4) is 22.6 Å². The number of H-pyrrole nitrogens is 2. The van der Waals surface area contributed by atoms with Crippen molar-refractivity contribution < 1.29 is 9.53 Å². The predicted octanol–water partition coefficient (Wildman–Crippen LogP) is 4.08. The van der Waals surface area contributed by atoms with Crippen molar-refractivity contribution in [3.05, 3.63) is 48.5 Å². The number of imidazole rings is 1. The smallest absolute Gasteiger partial charge is 0.406 e. The second kappa shape index (κ2) is 8.70. The fraction of sp³-hybridized carbons (Fsp3) is 0.304. The molecule has 32 heavy (non-hydrogen) atoms. The highest BCUT2D eigenvalue weighted by Crippen LogP contribution is 2.34. The summed E-state index contributed by atoms with van der Waals surface area (Å²) in [5.74, 6) is 1.35. The van der Waals surface area contributed by atoms with Crippen molar-refractivity contribution in [1.82, 2.24) is 30.2 Å². The van der Waals surface area contributed by atoms with Crippen LogP contribution in [-0.4, -0.2) is 51.2 Å². The summed E-state index contributed by atoms with van der Waals surface area (Å²) in [5.41, 5.74) is 4.34. The molecule has 0 radical (unpaired) electrons.